The molecule has 0 unspecified atom stereocenters. The van der Waals surface area contributed by atoms with Crippen LogP contribution in [0.1, 0.15) is 0 Å². The van der Waals surface area contributed by atoms with E-state index in [1.54, 1.807) is 0 Å². The van der Waals surface area contributed by atoms with Crippen molar-refractivity contribution in [2.75, 3.05) is 4.90 Å². The Morgan fingerprint density at radius 2 is 0.849 bits per heavy atom. The molecule has 0 N–H and O–H groups in total. The third kappa shape index (κ3) is 4.61. The van der Waals surface area contributed by atoms with Crippen LogP contribution >= 0.6 is 0 Å². The molecule has 0 fully saturated rings. The average molecular weight is 678 g/mol. The Kier molecular flexibility index (Phi) is 6.55. The molecule has 0 aliphatic rings. The van der Waals surface area contributed by atoms with E-state index < -0.39 is 0 Å². The van der Waals surface area contributed by atoms with Gasteiger partial charge in [-0.3, -0.25) is 0 Å². The molecule has 0 saturated heterocycles. The summed E-state index contributed by atoms with van der Waals surface area (Å²) in [5.74, 6) is 0. The summed E-state index contributed by atoms with van der Waals surface area (Å²) in [6.07, 6.45) is 0. The van der Waals surface area contributed by atoms with Crippen molar-refractivity contribution in [1.29, 1.82) is 0 Å². The van der Waals surface area contributed by atoms with E-state index in [-0.39, 0.29) is 0 Å². The van der Waals surface area contributed by atoms with E-state index in [1.165, 1.54) is 16.2 Å². The zero-order valence-electron chi connectivity index (χ0n) is 28.7. The number of para-hydroxylation sites is 4. The van der Waals surface area contributed by atoms with Gasteiger partial charge in [-0.1, -0.05) is 146 Å². The molecule has 0 spiro atoms. The van der Waals surface area contributed by atoms with Gasteiger partial charge in [-0.15, -0.1) is 0 Å². The van der Waals surface area contributed by atoms with E-state index >= 15 is 0 Å². The van der Waals surface area contributed by atoms with Crippen molar-refractivity contribution in [3.63, 3.8) is 0 Å². The summed E-state index contributed by atoms with van der Waals surface area (Å²) in [5.41, 5.74) is 11.2. The quantitative estimate of drug-likeness (QED) is 0.182. The van der Waals surface area contributed by atoms with E-state index in [9.17, 15) is 0 Å². The summed E-state index contributed by atoms with van der Waals surface area (Å²) in [4.78, 5) is 2.43. The fourth-order valence-electron chi connectivity index (χ4n) is 8.23. The molecule has 3 heteroatoms. The highest BCUT2D eigenvalue weighted by Gasteiger charge is 2.24. The summed E-state index contributed by atoms with van der Waals surface area (Å²) in [5, 5.41) is 9.10. The lowest BCUT2D eigenvalue weighted by atomic mass is 9.96. The molecule has 0 aliphatic heterocycles. The van der Waals surface area contributed by atoms with Crippen molar-refractivity contribution < 1.29 is 8.83 Å². The average Bonchev–Trinajstić information content (AvgIpc) is 3.80. The predicted octanol–water partition coefficient (Wildman–Crippen LogP) is 14.6. The first-order valence-electron chi connectivity index (χ1n) is 18.0. The maximum Gasteiger partial charge on any atom is 0.143 e. The first-order chi connectivity index (χ1) is 26.3. The molecule has 11 rings (SSSR count). The topological polar surface area (TPSA) is 29.5 Å². The lowest BCUT2D eigenvalue weighted by Crippen LogP contribution is -2.13. The second-order valence-corrected chi connectivity index (χ2v) is 13.6. The summed E-state index contributed by atoms with van der Waals surface area (Å²) < 4.78 is 13.1. The summed E-state index contributed by atoms with van der Waals surface area (Å²) >= 11 is 0. The molecule has 0 amide bonds. The van der Waals surface area contributed by atoms with Crippen LogP contribution in [0.5, 0.6) is 0 Å². The van der Waals surface area contributed by atoms with Crippen LogP contribution in [-0.2, 0) is 0 Å². The van der Waals surface area contributed by atoms with Gasteiger partial charge in [0.2, 0.25) is 0 Å². The van der Waals surface area contributed by atoms with Crippen molar-refractivity contribution in [2.45, 2.75) is 0 Å². The van der Waals surface area contributed by atoms with Crippen molar-refractivity contribution in [2.24, 2.45) is 0 Å². The number of benzene rings is 9. The molecule has 0 bridgehead atoms. The van der Waals surface area contributed by atoms with Crippen LogP contribution in [0.2, 0.25) is 0 Å². The second-order valence-electron chi connectivity index (χ2n) is 13.6. The van der Waals surface area contributed by atoms with Gasteiger partial charge < -0.3 is 13.7 Å². The van der Waals surface area contributed by atoms with E-state index in [2.05, 4.69) is 181 Å². The molecular weight excluding hydrogens is 647 g/mol. The first kappa shape index (κ1) is 29.6. The molecule has 2 aromatic heterocycles. The van der Waals surface area contributed by atoms with Crippen molar-refractivity contribution in [3.05, 3.63) is 188 Å². The summed E-state index contributed by atoms with van der Waals surface area (Å²) in [6.45, 7) is 0. The number of furan rings is 2. The SMILES string of the molecule is c1ccc(N(c2ccccc2-c2cccc3c2oc2ccccc23)c2cccc3ccccc23)c(-c2ccc3oc4c5ccccc5ccc4c3c2)c1. The maximum atomic E-state index is 6.62. The predicted molar refractivity (Wildman–Crippen MR) is 222 cm³/mol. The zero-order chi connectivity index (χ0) is 34.9. The molecule has 11 aromatic rings. The molecule has 0 aliphatic carbocycles. The fraction of sp³-hybridized carbons (Fsp3) is 0. The minimum atomic E-state index is 0.882. The first-order valence-corrected chi connectivity index (χ1v) is 18.0. The van der Waals surface area contributed by atoms with Crippen LogP contribution in [0, 0.1) is 0 Å². The van der Waals surface area contributed by atoms with Gasteiger partial charge in [0.25, 0.3) is 0 Å². The molecule has 0 saturated carbocycles. The van der Waals surface area contributed by atoms with Gasteiger partial charge in [-0.05, 0) is 58.8 Å². The Morgan fingerprint density at radius 1 is 0.302 bits per heavy atom. The standard InChI is InChI=1S/C50H31NO2/c1-3-16-35-32(13-1)15-11-25-45(35)51(46-24-9-6-19-38(46)40-21-12-22-41-39-20-7-10-26-47(39)52-50(40)41)44-23-8-5-17-36(44)34-28-30-48-43(31-34)42-29-27-33-14-2-4-18-37(33)49(42)53-48/h1-31H. The minimum Gasteiger partial charge on any atom is -0.455 e. The van der Waals surface area contributed by atoms with Crippen molar-refractivity contribution in [3.8, 4) is 22.3 Å². The third-order valence-corrected chi connectivity index (χ3v) is 10.7. The van der Waals surface area contributed by atoms with Crippen LogP contribution in [0.15, 0.2) is 197 Å². The van der Waals surface area contributed by atoms with E-state index in [0.717, 1.165) is 88.6 Å². The Morgan fingerprint density at radius 3 is 1.72 bits per heavy atom. The normalized spacial score (nSPS) is 11.8. The number of rotatable bonds is 5. The molecular formula is C50H31NO2. The number of hydrogen-bond acceptors (Lipinski definition) is 3. The van der Waals surface area contributed by atoms with Gasteiger partial charge in [0.1, 0.15) is 22.3 Å². The third-order valence-electron chi connectivity index (χ3n) is 10.7. The highest BCUT2D eigenvalue weighted by Crippen LogP contribution is 2.48. The van der Waals surface area contributed by atoms with Gasteiger partial charge in [0.05, 0.1) is 17.1 Å². The minimum absolute atomic E-state index is 0.882. The van der Waals surface area contributed by atoms with Crippen LogP contribution < -0.4 is 4.90 Å². The van der Waals surface area contributed by atoms with Gasteiger partial charge in [0.15, 0.2) is 0 Å². The molecule has 0 radical (unpaired) electrons. The van der Waals surface area contributed by atoms with E-state index in [4.69, 9.17) is 8.83 Å². The van der Waals surface area contributed by atoms with Gasteiger partial charge in [0, 0.05) is 49.0 Å². The Bertz CT molecular complexity index is 3200. The summed E-state index contributed by atoms with van der Waals surface area (Å²) in [7, 11) is 0. The fourth-order valence-corrected chi connectivity index (χ4v) is 8.23. The Labute approximate surface area is 305 Å². The van der Waals surface area contributed by atoms with E-state index in [0.29, 0.717) is 0 Å². The van der Waals surface area contributed by atoms with Crippen molar-refractivity contribution >= 4 is 82.5 Å². The van der Waals surface area contributed by atoms with Crippen LogP contribution in [0.4, 0.5) is 17.1 Å². The van der Waals surface area contributed by atoms with Gasteiger partial charge in [-0.25, -0.2) is 0 Å². The molecule has 0 atom stereocenters. The monoisotopic (exact) mass is 677 g/mol. The van der Waals surface area contributed by atoms with E-state index in [1.807, 2.05) is 12.1 Å². The second kappa shape index (κ2) is 11.7. The van der Waals surface area contributed by atoms with Gasteiger partial charge in [-0.2, -0.15) is 0 Å². The molecule has 248 valence electrons. The molecule has 2 heterocycles. The zero-order valence-corrected chi connectivity index (χ0v) is 28.7. The van der Waals surface area contributed by atoms with Crippen LogP contribution in [0.25, 0.3) is 87.7 Å². The number of fused-ring (bicyclic) bond motifs is 9. The number of anilines is 3. The maximum absolute atomic E-state index is 6.62. The smallest absolute Gasteiger partial charge is 0.143 e. The number of nitrogens with zero attached hydrogens (tertiary/aromatic N) is 1. The largest absolute Gasteiger partial charge is 0.455 e. The molecule has 3 nitrogen and oxygen atoms in total. The molecule has 9 aromatic carbocycles. The Hall–Kier alpha value is -7.10. The molecule has 53 heavy (non-hydrogen) atoms. The Balaban J connectivity index is 1.17. The summed E-state index contributed by atoms with van der Waals surface area (Å²) in [6, 6.07) is 66.8. The van der Waals surface area contributed by atoms with Crippen molar-refractivity contribution in [1.82, 2.24) is 0 Å². The lowest BCUT2D eigenvalue weighted by molar-refractivity contribution is 0.670. The highest BCUT2D eigenvalue weighted by molar-refractivity contribution is 6.16. The van der Waals surface area contributed by atoms with Crippen LogP contribution in [0.3, 0.4) is 0 Å². The lowest BCUT2D eigenvalue weighted by Gasteiger charge is -2.31. The number of hydrogen-bond donors (Lipinski definition) is 0. The van der Waals surface area contributed by atoms with Crippen LogP contribution in [-0.4, -0.2) is 0 Å². The highest BCUT2D eigenvalue weighted by atomic mass is 16.3. The van der Waals surface area contributed by atoms with Gasteiger partial charge >= 0.3 is 0 Å².